The van der Waals surface area contributed by atoms with Crippen LogP contribution in [0.25, 0.3) is 0 Å². The van der Waals surface area contributed by atoms with Crippen LogP contribution in [0.5, 0.6) is 17.2 Å². The number of nitrogens with one attached hydrogen (secondary N) is 2. The van der Waals surface area contributed by atoms with Crippen molar-refractivity contribution in [3.05, 3.63) is 53.6 Å². The van der Waals surface area contributed by atoms with Crippen LogP contribution in [-0.4, -0.2) is 37.9 Å². The molecule has 0 saturated heterocycles. The highest BCUT2D eigenvalue weighted by molar-refractivity contribution is 5.96. The van der Waals surface area contributed by atoms with E-state index in [9.17, 15) is 14.4 Å². The zero-order valence-corrected chi connectivity index (χ0v) is 19.6. The van der Waals surface area contributed by atoms with Crippen LogP contribution in [0.2, 0.25) is 0 Å². The van der Waals surface area contributed by atoms with Crippen molar-refractivity contribution in [3.8, 4) is 17.2 Å². The van der Waals surface area contributed by atoms with Gasteiger partial charge in [-0.3, -0.25) is 25.2 Å². The quantitative estimate of drug-likeness (QED) is 0.285. The first-order valence-electron chi connectivity index (χ1n) is 10.9. The summed E-state index contributed by atoms with van der Waals surface area (Å²) in [7, 11) is 1.51. The molecule has 0 aliphatic carbocycles. The van der Waals surface area contributed by atoms with E-state index in [1.165, 1.54) is 14.0 Å². The van der Waals surface area contributed by atoms with Gasteiger partial charge in [-0.15, -0.1) is 0 Å². The second kappa shape index (κ2) is 13.1. The van der Waals surface area contributed by atoms with Gasteiger partial charge in [0, 0.05) is 17.5 Å². The van der Waals surface area contributed by atoms with Crippen LogP contribution in [0.4, 0.5) is 0 Å². The first-order valence-corrected chi connectivity index (χ1v) is 10.9. The maximum atomic E-state index is 12.4. The van der Waals surface area contributed by atoms with E-state index in [2.05, 4.69) is 24.7 Å². The maximum absolute atomic E-state index is 12.4. The molecule has 0 spiro atoms. The van der Waals surface area contributed by atoms with E-state index in [-0.39, 0.29) is 18.1 Å². The van der Waals surface area contributed by atoms with Crippen molar-refractivity contribution in [2.24, 2.45) is 5.92 Å². The third-order valence-corrected chi connectivity index (χ3v) is 4.77. The number of methoxy groups -OCH3 is 1. The van der Waals surface area contributed by atoms with Crippen LogP contribution >= 0.6 is 0 Å². The summed E-state index contributed by atoms with van der Waals surface area (Å²) >= 11 is 0. The highest BCUT2D eigenvalue weighted by Crippen LogP contribution is 2.28. The van der Waals surface area contributed by atoms with E-state index in [4.69, 9.17) is 14.2 Å². The van der Waals surface area contributed by atoms with E-state index in [0.717, 1.165) is 6.42 Å². The fourth-order valence-electron chi connectivity index (χ4n) is 2.80. The fourth-order valence-corrected chi connectivity index (χ4v) is 2.80. The molecule has 2 N–H and O–H groups in total. The second-order valence-electron chi connectivity index (χ2n) is 7.93. The minimum Gasteiger partial charge on any atom is -0.494 e. The van der Waals surface area contributed by atoms with Gasteiger partial charge in [0.15, 0.2) is 17.3 Å². The Balaban J connectivity index is 1.73. The molecule has 8 nitrogen and oxygen atoms in total. The van der Waals surface area contributed by atoms with Gasteiger partial charge in [-0.2, -0.15) is 0 Å². The van der Waals surface area contributed by atoms with Crippen molar-refractivity contribution in [2.45, 2.75) is 40.0 Å². The van der Waals surface area contributed by atoms with Crippen LogP contribution in [-0.2, 0) is 4.79 Å². The molecule has 2 aromatic carbocycles. The predicted octanol–water partition coefficient (Wildman–Crippen LogP) is 3.94. The van der Waals surface area contributed by atoms with Gasteiger partial charge in [-0.25, -0.2) is 0 Å². The molecule has 0 bridgehead atoms. The first-order chi connectivity index (χ1) is 15.8. The van der Waals surface area contributed by atoms with Crippen LogP contribution in [0, 0.1) is 5.92 Å². The standard InChI is InChI=1S/C25H32N2O6/c1-17(2)13-15-33-22-12-9-20(16-23(22)31-4)25(30)27-26-24(29)6-5-14-32-21-10-7-19(8-11-21)18(3)28/h7-12,16-17H,5-6,13-15H2,1-4H3,(H,26,29)(H,27,30). The van der Waals surface area contributed by atoms with Gasteiger partial charge in [-0.05, 0) is 68.1 Å². The molecule has 33 heavy (non-hydrogen) atoms. The Kier molecular flexibility index (Phi) is 10.2. The van der Waals surface area contributed by atoms with Crippen LogP contribution in [0.15, 0.2) is 42.5 Å². The van der Waals surface area contributed by atoms with Gasteiger partial charge >= 0.3 is 0 Å². The Bertz CT molecular complexity index is 940. The number of benzene rings is 2. The number of amides is 2. The van der Waals surface area contributed by atoms with E-state index in [1.54, 1.807) is 42.5 Å². The summed E-state index contributed by atoms with van der Waals surface area (Å²) in [6, 6.07) is 11.7. The van der Waals surface area contributed by atoms with Gasteiger partial charge < -0.3 is 14.2 Å². The molecule has 2 aromatic rings. The molecule has 0 heterocycles. The van der Waals surface area contributed by atoms with Crippen molar-refractivity contribution >= 4 is 17.6 Å². The van der Waals surface area contributed by atoms with Crippen molar-refractivity contribution in [3.63, 3.8) is 0 Å². The molecule has 8 heteroatoms. The topological polar surface area (TPSA) is 103 Å². The van der Waals surface area contributed by atoms with E-state index in [0.29, 0.717) is 53.9 Å². The van der Waals surface area contributed by atoms with E-state index >= 15 is 0 Å². The molecular formula is C25H32N2O6. The Morgan fingerprint density at radius 1 is 0.879 bits per heavy atom. The average molecular weight is 457 g/mol. The third kappa shape index (κ3) is 8.84. The summed E-state index contributed by atoms with van der Waals surface area (Å²) in [4.78, 5) is 35.6. The Morgan fingerprint density at radius 3 is 2.21 bits per heavy atom. The number of ether oxygens (including phenoxy) is 3. The van der Waals surface area contributed by atoms with Crippen LogP contribution in [0.3, 0.4) is 0 Å². The summed E-state index contributed by atoms with van der Waals surface area (Å²) < 4.78 is 16.6. The molecule has 0 aliphatic rings. The van der Waals surface area contributed by atoms with Crippen molar-refractivity contribution in [1.82, 2.24) is 10.9 Å². The number of rotatable bonds is 12. The highest BCUT2D eigenvalue weighted by Gasteiger charge is 2.12. The molecule has 2 rings (SSSR count). The molecule has 178 valence electrons. The zero-order valence-electron chi connectivity index (χ0n) is 19.6. The van der Waals surface area contributed by atoms with Gasteiger partial charge in [0.05, 0.1) is 20.3 Å². The Morgan fingerprint density at radius 2 is 1.58 bits per heavy atom. The molecule has 0 aliphatic heterocycles. The molecular weight excluding hydrogens is 424 g/mol. The number of hydrogen-bond donors (Lipinski definition) is 2. The second-order valence-corrected chi connectivity index (χ2v) is 7.93. The number of Topliss-reactive ketones (excluding diaryl/α,β-unsaturated/α-hetero) is 1. The lowest BCUT2D eigenvalue weighted by atomic mass is 10.1. The number of hydrogen-bond acceptors (Lipinski definition) is 6. The number of carbonyl (C=O) groups is 3. The summed E-state index contributed by atoms with van der Waals surface area (Å²) in [5, 5.41) is 0. The highest BCUT2D eigenvalue weighted by atomic mass is 16.5. The van der Waals surface area contributed by atoms with Crippen LogP contribution in [0.1, 0.15) is 60.7 Å². The number of hydrazine groups is 1. The average Bonchev–Trinajstić information content (AvgIpc) is 2.80. The van der Waals surface area contributed by atoms with Gasteiger partial charge in [-0.1, -0.05) is 13.8 Å². The van der Waals surface area contributed by atoms with Crippen molar-refractivity contribution in [1.29, 1.82) is 0 Å². The van der Waals surface area contributed by atoms with Crippen molar-refractivity contribution in [2.75, 3.05) is 20.3 Å². The lowest BCUT2D eigenvalue weighted by Gasteiger charge is -2.13. The molecule has 0 saturated carbocycles. The molecule has 0 radical (unpaired) electrons. The minimum atomic E-state index is -0.461. The SMILES string of the molecule is COc1cc(C(=O)NNC(=O)CCCOc2ccc(C(C)=O)cc2)ccc1OCCC(C)C. The molecule has 0 atom stereocenters. The normalized spacial score (nSPS) is 10.5. The maximum Gasteiger partial charge on any atom is 0.269 e. The smallest absolute Gasteiger partial charge is 0.269 e. The fraction of sp³-hybridized carbons (Fsp3) is 0.400. The lowest BCUT2D eigenvalue weighted by Crippen LogP contribution is -2.41. The number of ketones is 1. The Labute approximate surface area is 194 Å². The summed E-state index contributed by atoms with van der Waals surface area (Å²) in [6.07, 6.45) is 1.55. The predicted molar refractivity (Wildman–Crippen MR) is 125 cm³/mol. The van der Waals surface area contributed by atoms with Gasteiger partial charge in [0.25, 0.3) is 5.91 Å². The number of carbonyl (C=O) groups excluding carboxylic acids is 3. The van der Waals surface area contributed by atoms with Crippen LogP contribution < -0.4 is 25.1 Å². The lowest BCUT2D eigenvalue weighted by molar-refractivity contribution is -0.122. The van der Waals surface area contributed by atoms with Crippen molar-refractivity contribution < 1.29 is 28.6 Å². The first kappa shape index (κ1) is 25.7. The van der Waals surface area contributed by atoms with E-state index in [1.807, 2.05) is 0 Å². The van der Waals surface area contributed by atoms with Gasteiger partial charge in [0.2, 0.25) is 5.91 Å². The molecule has 0 aromatic heterocycles. The molecule has 0 fully saturated rings. The Hall–Kier alpha value is -3.55. The third-order valence-electron chi connectivity index (χ3n) is 4.77. The monoisotopic (exact) mass is 456 g/mol. The summed E-state index contributed by atoms with van der Waals surface area (Å²) in [5.41, 5.74) is 5.74. The zero-order chi connectivity index (χ0) is 24.2. The summed E-state index contributed by atoms with van der Waals surface area (Å²) in [6.45, 7) is 6.62. The molecule has 2 amide bonds. The van der Waals surface area contributed by atoms with Gasteiger partial charge in [0.1, 0.15) is 5.75 Å². The van der Waals surface area contributed by atoms with E-state index < -0.39 is 5.91 Å². The summed E-state index contributed by atoms with van der Waals surface area (Å²) in [5.74, 6) is 1.36. The molecule has 0 unspecified atom stereocenters. The minimum absolute atomic E-state index is 0.00960. The largest absolute Gasteiger partial charge is 0.494 e.